The quantitative estimate of drug-likeness (QED) is 0.151. The maximum atomic E-state index is 13.5. The summed E-state index contributed by atoms with van der Waals surface area (Å²) >= 11 is 13.0. The highest BCUT2D eigenvalue weighted by molar-refractivity contribution is 9.10. The zero-order valence-corrected chi connectivity index (χ0v) is 25.2. The van der Waals surface area contributed by atoms with E-state index in [1.807, 2.05) is 42.5 Å². The van der Waals surface area contributed by atoms with E-state index < -0.39 is 17.8 Å². The summed E-state index contributed by atoms with van der Waals surface area (Å²) in [7, 11) is 0. The fourth-order valence-electron chi connectivity index (χ4n) is 4.02. The average Bonchev–Trinajstić information content (AvgIpc) is 2.96. The van der Waals surface area contributed by atoms with Gasteiger partial charge in [-0.3, -0.25) is 14.9 Å². The third-order valence-electron chi connectivity index (χ3n) is 6.13. The van der Waals surface area contributed by atoms with Crippen molar-refractivity contribution in [3.05, 3.63) is 127 Å². The van der Waals surface area contributed by atoms with E-state index in [2.05, 4.69) is 37.2 Å². The van der Waals surface area contributed by atoms with Crippen LogP contribution in [-0.4, -0.2) is 17.8 Å². The molecule has 0 aliphatic carbocycles. The summed E-state index contributed by atoms with van der Waals surface area (Å²) in [6, 6.07) is 25.9. The Labute approximate surface area is 258 Å². The first-order valence-electron chi connectivity index (χ1n) is 12.3. The number of benzene rings is 4. The van der Waals surface area contributed by atoms with Crippen LogP contribution in [0.25, 0.3) is 6.08 Å². The summed E-state index contributed by atoms with van der Waals surface area (Å²) in [5.74, 6) is -0.572. The first-order chi connectivity index (χ1) is 19.8. The summed E-state index contributed by atoms with van der Waals surface area (Å²) in [5, 5.41) is 2.84. The lowest BCUT2D eigenvalue weighted by atomic mass is 10.1. The van der Waals surface area contributed by atoms with Gasteiger partial charge in [0.15, 0.2) is 0 Å². The van der Waals surface area contributed by atoms with Gasteiger partial charge in [0.1, 0.15) is 30.3 Å². The molecule has 10 heteroatoms. The molecule has 1 aliphatic heterocycles. The maximum absolute atomic E-state index is 13.5. The zero-order valence-electron chi connectivity index (χ0n) is 21.3. The van der Waals surface area contributed by atoms with Gasteiger partial charge in [0, 0.05) is 25.1 Å². The predicted molar refractivity (Wildman–Crippen MR) is 164 cm³/mol. The number of rotatable bonds is 8. The molecule has 1 heterocycles. The highest BCUT2D eigenvalue weighted by Crippen LogP contribution is 2.30. The minimum Gasteiger partial charge on any atom is -0.489 e. The van der Waals surface area contributed by atoms with Gasteiger partial charge in [-0.15, -0.1) is 0 Å². The van der Waals surface area contributed by atoms with Crippen molar-refractivity contribution in [3.63, 3.8) is 0 Å². The molecule has 206 valence electrons. The zero-order chi connectivity index (χ0) is 28.9. The normalized spacial score (nSPS) is 14.3. The molecule has 0 bridgehead atoms. The number of amides is 4. The fourth-order valence-corrected chi connectivity index (χ4v) is 4.85. The van der Waals surface area contributed by atoms with Gasteiger partial charge in [-0.25, -0.2) is 9.69 Å². The summed E-state index contributed by atoms with van der Waals surface area (Å²) < 4.78 is 13.5. The van der Waals surface area contributed by atoms with E-state index in [4.69, 9.17) is 21.1 Å². The van der Waals surface area contributed by atoms with Crippen LogP contribution in [0.15, 0.2) is 106 Å². The molecule has 7 nitrogen and oxygen atoms in total. The minimum absolute atomic E-state index is 0.213. The number of carbonyl (C=O) groups excluding carboxylic acids is 3. The van der Waals surface area contributed by atoms with Gasteiger partial charge in [-0.05, 0) is 72.3 Å². The standard InChI is InChI=1S/C31H21Br2ClN2O5/c32-22-7-5-19(6-8-22)17-41-28-14-9-23(33)15-21(28)16-26-29(37)35-31(39)36(30(26)38)24-10-12-25(13-11-24)40-18-20-3-1-2-4-27(20)34/h1-16H,17-18H2,(H,35,37,39)/b26-16+. The van der Waals surface area contributed by atoms with Crippen molar-refractivity contribution in [1.82, 2.24) is 5.32 Å². The van der Waals surface area contributed by atoms with Crippen LogP contribution in [0.2, 0.25) is 5.02 Å². The Morgan fingerprint density at radius 2 is 1.51 bits per heavy atom. The number of barbiturate groups is 1. The van der Waals surface area contributed by atoms with Crippen LogP contribution >= 0.6 is 43.5 Å². The summed E-state index contributed by atoms with van der Waals surface area (Å²) in [6.45, 7) is 0.531. The molecule has 0 saturated carbocycles. The number of imide groups is 2. The Bertz CT molecular complexity index is 1660. The molecule has 0 aromatic heterocycles. The van der Waals surface area contributed by atoms with Crippen LogP contribution < -0.4 is 19.7 Å². The Hall–Kier alpha value is -3.92. The molecule has 5 rings (SSSR count). The van der Waals surface area contributed by atoms with Gasteiger partial charge in [0.05, 0.1) is 5.69 Å². The molecule has 0 atom stereocenters. The van der Waals surface area contributed by atoms with Gasteiger partial charge in [0.2, 0.25) is 0 Å². The smallest absolute Gasteiger partial charge is 0.335 e. The molecule has 0 spiro atoms. The number of nitrogens with one attached hydrogen (secondary N) is 1. The Kier molecular flexibility index (Phi) is 8.87. The molecule has 4 amide bonds. The molecule has 0 radical (unpaired) electrons. The second kappa shape index (κ2) is 12.7. The van der Waals surface area contributed by atoms with Gasteiger partial charge < -0.3 is 9.47 Å². The number of carbonyl (C=O) groups is 3. The van der Waals surface area contributed by atoms with Gasteiger partial charge in [-0.1, -0.05) is 73.8 Å². The van der Waals surface area contributed by atoms with Crippen molar-refractivity contribution in [2.45, 2.75) is 13.2 Å². The monoisotopic (exact) mass is 694 g/mol. The molecule has 4 aromatic carbocycles. The van der Waals surface area contributed by atoms with Gasteiger partial charge >= 0.3 is 6.03 Å². The molecule has 1 saturated heterocycles. The lowest BCUT2D eigenvalue weighted by molar-refractivity contribution is -0.122. The lowest BCUT2D eigenvalue weighted by Gasteiger charge is -2.26. The molecule has 0 unspecified atom stereocenters. The van der Waals surface area contributed by atoms with Crippen molar-refractivity contribution >= 4 is 73.1 Å². The van der Waals surface area contributed by atoms with E-state index >= 15 is 0 Å². The molecule has 1 aliphatic rings. The van der Waals surface area contributed by atoms with Crippen molar-refractivity contribution in [2.24, 2.45) is 0 Å². The van der Waals surface area contributed by atoms with E-state index in [-0.39, 0.29) is 24.5 Å². The van der Waals surface area contributed by atoms with E-state index in [1.165, 1.54) is 6.08 Å². The Morgan fingerprint density at radius 3 is 2.24 bits per heavy atom. The first-order valence-corrected chi connectivity index (χ1v) is 14.3. The predicted octanol–water partition coefficient (Wildman–Crippen LogP) is 7.69. The van der Waals surface area contributed by atoms with E-state index in [1.54, 1.807) is 48.5 Å². The summed E-state index contributed by atoms with van der Waals surface area (Å²) in [5.41, 5.74) is 2.32. The minimum atomic E-state index is -0.845. The maximum Gasteiger partial charge on any atom is 0.335 e. The number of anilines is 1. The van der Waals surface area contributed by atoms with Crippen molar-refractivity contribution in [2.75, 3.05) is 4.90 Å². The number of urea groups is 1. The SMILES string of the molecule is O=C1NC(=O)N(c2ccc(OCc3ccccc3Cl)cc2)C(=O)/C1=C/c1cc(Br)ccc1OCc1ccc(Br)cc1. The van der Waals surface area contributed by atoms with Crippen molar-refractivity contribution < 1.29 is 23.9 Å². The number of hydrogen-bond acceptors (Lipinski definition) is 5. The van der Waals surface area contributed by atoms with E-state index in [0.29, 0.717) is 22.1 Å². The Balaban J connectivity index is 1.36. The van der Waals surface area contributed by atoms with Crippen LogP contribution in [0, 0.1) is 0 Å². The third kappa shape index (κ3) is 6.87. The van der Waals surface area contributed by atoms with Gasteiger partial charge in [0.25, 0.3) is 11.8 Å². The van der Waals surface area contributed by atoms with Crippen LogP contribution in [0.5, 0.6) is 11.5 Å². The number of nitrogens with zero attached hydrogens (tertiary/aromatic N) is 1. The van der Waals surface area contributed by atoms with Crippen molar-refractivity contribution in [1.29, 1.82) is 0 Å². The molecular formula is C31H21Br2ClN2O5. The summed E-state index contributed by atoms with van der Waals surface area (Å²) in [4.78, 5) is 39.9. The highest BCUT2D eigenvalue weighted by atomic mass is 79.9. The second-order valence-electron chi connectivity index (χ2n) is 8.93. The van der Waals surface area contributed by atoms with Gasteiger partial charge in [-0.2, -0.15) is 0 Å². The second-order valence-corrected chi connectivity index (χ2v) is 11.2. The van der Waals surface area contributed by atoms with Crippen LogP contribution in [0.3, 0.4) is 0 Å². The topological polar surface area (TPSA) is 84.9 Å². The highest BCUT2D eigenvalue weighted by Gasteiger charge is 2.37. The number of ether oxygens (including phenoxy) is 2. The molecule has 4 aromatic rings. The number of halogens is 3. The van der Waals surface area contributed by atoms with Crippen LogP contribution in [0.1, 0.15) is 16.7 Å². The van der Waals surface area contributed by atoms with Crippen LogP contribution in [0.4, 0.5) is 10.5 Å². The van der Waals surface area contributed by atoms with Crippen LogP contribution in [-0.2, 0) is 22.8 Å². The van der Waals surface area contributed by atoms with E-state index in [0.717, 1.165) is 25.0 Å². The van der Waals surface area contributed by atoms with E-state index in [9.17, 15) is 14.4 Å². The molecular weight excluding hydrogens is 676 g/mol. The largest absolute Gasteiger partial charge is 0.489 e. The summed E-state index contributed by atoms with van der Waals surface area (Å²) in [6.07, 6.45) is 1.42. The fraction of sp³-hybridized carbons (Fsp3) is 0.0645. The Morgan fingerprint density at radius 1 is 0.805 bits per heavy atom. The average molecular weight is 697 g/mol. The molecule has 41 heavy (non-hydrogen) atoms. The first kappa shape index (κ1) is 28.6. The lowest BCUT2D eigenvalue weighted by Crippen LogP contribution is -2.54. The van der Waals surface area contributed by atoms with Crippen molar-refractivity contribution in [3.8, 4) is 11.5 Å². The third-order valence-corrected chi connectivity index (χ3v) is 7.52. The molecule has 1 N–H and O–H groups in total. The molecule has 1 fully saturated rings. The number of hydrogen-bond donors (Lipinski definition) is 1.